The Morgan fingerprint density at radius 3 is 2.43 bits per heavy atom. The van der Waals surface area contributed by atoms with E-state index in [-0.39, 0.29) is 51.6 Å². The maximum Gasteiger partial charge on any atom is 0.421 e. The van der Waals surface area contributed by atoms with Crippen LogP contribution in [0.4, 0.5) is 4.79 Å². The molecule has 0 unspecified atom stereocenters. The van der Waals surface area contributed by atoms with Crippen LogP contribution in [0.5, 0.6) is 0 Å². The number of rotatable bonds is 7. The van der Waals surface area contributed by atoms with Gasteiger partial charge in [-0.15, -0.1) is 11.3 Å². The van der Waals surface area contributed by atoms with Crippen LogP contribution in [-0.2, 0) is 14.8 Å². The van der Waals surface area contributed by atoms with E-state index >= 15 is 0 Å². The molecule has 4 saturated carbocycles. The standard InChI is InChI=1S/C35H49NO6S2/c1-5-24-28-19-23(37)15-17-35(28,4)27-16-18-34(3)25(11-12-26(34)31(27)32(24)38)21(2)20-42-33(39)36-44(40,41)30-14-13-29(43-30)22-9-7-6-8-10-22/h6-10,13-14,21,23-28,31-32,37-38H,5,11-12,15-20H2,1-4H3,(H,36,39)/t21-,23-,24-,25-,26+,27+,28+,31+,32-,34-,35-/m1/s1. The van der Waals surface area contributed by atoms with Crippen molar-refractivity contribution in [3.8, 4) is 10.4 Å². The number of carbonyl (C=O) groups is 1. The van der Waals surface area contributed by atoms with E-state index in [9.17, 15) is 23.4 Å². The Hall–Kier alpha value is -1.94. The number of ether oxygens (including phenoxy) is 1. The second-order valence-electron chi connectivity index (χ2n) is 14.8. The molecule has 3 N–H and O–H groups in total. The average molecular weight is 644 g/mol. The zero-order chi connectivity index (χ0) is 31.4. The van der Waals surface area contributed by atoms with Crippen molar-refractivity contribution in [2.75, 3.05) is 6.61 Å². The number of aliphatic hydroxyl groups is 2. The van der Waals surface area contributed by atoms with Crippen molar-refractivity contribution in [1.29, 1.82) is 0 Å². The van der Waals surface area contributed by atoms with Gasteiger partial charge in [0, 0.05) is 4.88 Å². The minimum absolute atomic E-state index is 0.0357. The number of sulfonamides is 1. The molecule has 0 saturated heterocycles. The van der Waals surface area contributed by atoms with Gasteiger partial charge in [0.05, 0.1) is 18.8 Å². The second kappa shape index (κ2) is 12.0. The maximum atomic E-state index is 12.9. The van der Waals surface area contributed by atoms with Gasteiger partial charge in [-0.3, -0.25) is 0 Å². The summed E-state index contributed by atoms with van der Waals surface area (Å²) in [6.45, 7) is 9.30. The zero-order valence-corrected chi connectivity index (χ0v) is 28.1. The summed E-state index contributed by atoms with van der Waals surface area (Å²) in [5.41, 5.74) is 1.12. The van der Waals surface area contributed by atoms with Gasteiger partial charge in [0.15, 0.2) is 0 Å². The van der Waals surface area contributed by atoms with Crippen LogP contribution in [0.1, 0.15) is 79.1 Å². The van der Waals surface area contributed by atoms with E-state index in [1.165, 1.54) is 6.07 Å². The molecule has 9 heteroatoms. The van der Waals surface area contributed by atoms with E-state index in [0.29, 0.717) is 23.7 Å². The van der Waals surface area contributed by atoms with Crippen LogP contribution in [-0.4, -0.2) is 43.5 Å². The first-order chi connectivity index (χ1) is 20.9. The monoisotopic (exact) mass is 643 g/mol. The minimum Gasteiger partial charge on any atom is -0.449 e. The summed E-state index contributed by atoms with van der Waals surface area (Å²) < 4.78 is 33.6. The first kappa shape index (κ1) is 32.0. The summed E-state index contributed by atoms with van der Waals surface area (Å²) in [7, 11) is -4.04. The number of carbonyl (C=O) groups excluding carboxylic acids is 1. The first-order valence-electron chi connectivity index (χ1n) is 16.6. The molecule has 11 atom stereocenters. The highest BCUT2D eigenvalue weighted by Gasteiger charge is 2.64. The molecule has 0 radical (unpaired) electrons. The van der Waals surface area contributed by atoms with Gasteiger partial charge in [0.25, 0.3) is 10.0 Å². The van der Waals surface area contributed by atoms with Crippen molar-refractivity contribution in [3.63, 3.8) is 0 Å². The van der Waals surface area contributed by atoms with Gasteiger partial charge in [0.1, 0.15) is 4.21 Å². The Balaban J connectivity index is 1.10. The predicted octanol–water partition coefficient (Wildman–Crippen LogP) is 7.09. The largest absolute Gasteiger partial charge is 0.449 e. The molecule has 4 aliphatic rings. The molecule has 242 valence electrons. The molecule has 2 aromatic rings. The van der Waals surface area contributed by atoms with Gasteiger partial charge in [0.2, 0.25) is 0 Å². The molecule has 0 bridgehead atoms. The van der Waals surface area contributed by atoms with E-state index in [2.05, 4.69) is 32.4 Å². The molecule has 1 amide bonds. The molecule has 1 aromatic carbocycles. The van der Waals surface area contributed by atoms with Crippen LogP contribution in [0.2, 0.25) is 0 Å². The Morgan fingerprint density at radius 1 is 1.00 bits per heavy atom. The fraction of sp³-hybridized carbons (Fsp3) is 0.686. The third-order valence-electron chi connectivity index (χ3n) is 12.8. The zero-order valence-electron chi connectivity index (χ0n) is 26.4. The Labute approximate surface area is 266 Å². The topological polar surface area (TPSA) is 113 Å². The normalized spacial score (nSPS) is 39.0. The summed E-state index contributed by atoms with van der Waals surface area (Å²) in [5, 5.41) is 22.5. The second-order valence-corrected chi connectivity index (χ2v) is 17.8. The molecule has 1 heterocycles. The van der Waals surface area contributed by atoms with Crippen molar-refractivity contribution in [1.82, 2.24) is 4.72 Å². The summed E-state index contributed by atoms with van der Waals surface area (Å²) >= 11 is 1.12. The van der Waals surface area contributed by atoms with E-state index in [0.717, 1.165) is 73.1 Å². The van der Waals surface area contributed by atoms with Gasteiger partial charge in [-0.2, -0.15) is 0 Å². The van der Waals surface area contributed by atoms with E-state index < -0.39 is 16.1 Å². The highest BCUT2D eigenvalue weighted by atomic mass is 32.2. The summed E-state index contributed by atoms with van der Waals surface area (Å²) in [6.07, 6.45) is 6.37. The number of thiophene rings is 1. The lowest BCUT2D eigenvalue weighted by Crippen LogP contribution is -2.62. The first-order valence-corrected chi connectivity index (χ1v) is 18.9. The molecule has 0 aliphatic heterocycles. The van der Waals surface area contributed by atoms with E-state index in [4.69, 9.17) is 4.74 Å². The molecule has 0 spiro atoms. The molecule has 1 aromatic heterocycles. The molecule has 4 aliphatic carbocycles. The van der Waals surface area contributed by atoms with Crippen molar-refractivity contribution in [2.45, 2.75) is 95.5 Å². The minimum atomic E-state index is -4.04. The average Bonchev–Trinajstić information content (AvgIpc) is 3.63. The Bertz CT molecular complexity index is 1440. The number of amides is 1. The van der Waals surface area contributed by atoms with Crippen LogP contribution >= 0.6 is 11.3 Å². The molecule has 4 fully saturated rings. The van der Waals surface area contributed by atoms with Gasteiger partial charge < -0.3 is 14.9 Å². The molecular weight excluding hydrogens is 595 g/mol. The van der Waals surface area contributed by atoms with Gasteiger partial charge in [-0.1, -0.05) is 64.4 Å². The Morgan fingerprint density at radius 2 is 1.70 bits per heavy atom. The number of nitrogens with one attached hydrogen (secondary N) is 1. The fourth-order valence-corrected chi connectivity index (χ4v) is 12.9. The van der Waals surface area contributed by atoms with Crippen LogP contribution in [0, 0.1) is 52.3 Å². The highest BCUT2D eigenvalue weighted by molar-refractivity contribution is 7.92. The molecule has 7 nitrogen and oxygen atoms in total. The Kier molecular flexibility index (Phi) is 8.74. The molecule has 44 heavy (non-hydrogen) atoms. The van der Waals surface area contributed by atoms with Crippen LogP contribution < -0.4 is 4.72 Å². The maximum absolute atomic E-state index is 12.9. The fourth-order valence-electron chi connectivity index (χ4n) is 10.7. The summed E-state index contributed by atoms with van der Waals surface area (Å²) in [4.78, 5) is 13.5. The molecule has 6 rings (SSSR count). The van der Waals surface area contributed by atoms with Crippen LogP contribution in [0.3, 0.4) is 0 Å². The van der Waals surface area contributed by atoms with Crippen molar-refractivity contribution in [3.05, 3.63) is 42.5 Å². The van der Waals surface area contributed by atoms with Crippen LogP contribution in [0.25, 0.3) is 10.4 Å². The SMILES string of the molecule is CC[C@H]1[C@@H](O)[C@@H]2[C@H](CC[C@]3(C)[C@@H]([C@H](C)COC(=O)NS(=O)(=O)c4ccc(-c5ccccc5)s4)CC[C@@H]23)[C@@]2(C)CC[C@@H](O)C[C@@H]12. The quantitative estimate of drug-likeness (QED) is 0.297. The smallest absolute Gasteiger partial charge is 0.421 e. The van der Waals surface area contributed by atoms with E-state index in [1.54, 1.807) is 6.07 Å². The van der Waals surface area contributed by atoms with Crippen molar-refractivity contribution < 1.29 is 28.2 Å². The van der Waals surface area contributed by atoms with Gasteiger partial charge in [-0.05, 0) is 115 Å². The lowest BCUT2D eigenvalue weighted by Gasteiger charge is -2.64. The summed E-state index contributed by atoms with van der Waals surface area (Å²) in [6, 6.07) is 12.8. The van der Waals surface area contributed by atoms with Gasteiger partial charge >= 0.3 is 6.09 Å². The van der Waals surface area contributed by atoms with Gasteiger partial charge in [-0.25, -0.2) is 17.9 Å². The third kappa shape index (κ3) is 5.43. The third-order valence-corrected chi connectivity index (χ3v) is 15.7. The van der Waals surface area contributed by atoms with Crippen molar-refractivity contribution >= 4 is 27.5 Å². The number of benzene rings is 1. The lowest BCUT2D eigenvalue weighted by molar-refractivity contribution is -0.203. The van der Waals surface area contributed by atoms with E-state index in [1.807, 2.05) is 30.3 Å². The number of fused-ring (bicyclic) bond motifs is 5. The number of hydrogen-bond acceptors (Lipinski definition) is 7. The molecular formula is C35H49NO6S2. The van der Waals surface area contributed by atoms with Crippen molar-refractivity contribution in [2.24, 2.45) is 52.3 Å². The van der Waals surface area contributed by atoms with Crippen LogP contribution in [0.15, 0.2) is 46.7 Å². The lowest BCUT2D eigenvalue weighted by atomic mass is 9.41. The number of hydrogen-bond donors (Lipinski definition) is 3. The summed E-state index contributed by atoms with van der Waals surface area (Å²) in [5.74, 6) is 2.12. The predicted molar refractivity (Wildman–Crippen MR) is 172 cm³/mol. The highest BCUT2D eigenvalue weighted by Crippen LogP contribution is 2.69. The number of aliphatic hydroxyl groups excluding tert-OH is 2.